The second-order valence-corrected chi connectivity index (χ2v) is 6.05. The van der Waals surface area contributed by atoms with Crippen molar-refractivity contribution in [1.29, 1.82) is 0 Å². The molecule has 0 fully saturated rings. The van der Waals surface area contributed by atoms with Gasteiger partial charge in [0.05, 0.1) is 11.0 Å². The van der Waals surface area contributed by atoms with Gasteiger partial charge in [0.2, 0.25) is 5.91 Å². The zero-order chi connectivity index (χ0) is 19.7. The van der Waals surface area contributed by atoms with Crippen LogP contribution in [0.1, 0.15) is 49.9 Å². The molecule has 0 radical (unpaired) electrons. The first-order valence-electron chi connectivity index (χ1n) is 8.49. The van der Waals surface area contributed by atoms with Crippen molar-refractivity contribution in [1.82, 2.24) is 10.6 Å². The van der Waals surface area contributed by atoms with Crippen molar-refractivity contribution in [2.45, 2.75) is 39.5 Å². The molecule has 26 heavy (non-hydrogen) atoms. The van der Waals surface area contributed by atoms with Crippen LogP contribution < -0.4 is 10.6 Å². The average Bonchev–Trinajstić information content (AvgIpc) is 2.59. The Hall–Kier alpha value is -2.51. The van der Waals surface area contributed by atoms with Crippen LogP contribution >= 0.6 is 0 Å². The van der Waals surface area contributed by atoms with E-state index in [2.05, 4.69) is 10.6 Å². The number of halogens is 2. The standard InChI is InChI=1S/C18H24F2N2O4/c1-3-18(4-2,17(25)26)11-22-15(23)6-5-9-21-16(24)13-8-7-12(19)10-14(13)20/h7-8,10H,3-6,9,11H2,1-2H3,(H,21,24)(H,22,23)(H,25,26). The number of nitrogens with one attached hydrogen (secondary N) is 2. The molecule has 0 spiro atoms. The van der Waals surface area contributed by atoms with Crippen LogP contribution in [0.15, 0.2) is 18.2 Å². The lowest BCUT2D eigenvalue weighted by molar-refractivity contribution is -0.149. The molecule has 1 rings (SSSR count). The molecule has 3 N–H and O–H groups in total. The third-order valence-corrected chi connectivity index (χ3v) is 4.47. The maximum atomic E-state index is 13.5. The van der Waals surface area contributed by atoms with Crippen LogP contribution in [0.2, 0.25) is 0 Å². The van der Waals surface area contributed by atoms with Gasteiger partial charge in [-0.25, -0.2) is 8.78 Å². The second-order valence-electron chi connectivity index (χ2n) is 6.05. The average molecular weight is 370 g/mol. The quantitative estimate of drug-likeness (QED) is 0.552. The highest BCUT2D eigenvalue weighted by Crippen LogP contribution is 2.25. The largest absolute Gasteiger partial charge is 0.481 e. The summed E-state index contributed by atoms with van der Waals surface area (Å²) in [6, 6.07) is 2.66. The predicted molar refractivity (Wildman–Crippen MR) is 91.6 cm³/mol. The Labute approximate surface area is 151 Å². The van der Waals surface area contributed by atoms with Crippen molar-refractivity contribution in [3.63, 3.8) is 0 Å². The van der Waals surface area contributed by atoms with Gasteiger partial charge in [0, 0.05) is 25.6 Å². The summed E-state index contributed by atoms with van der Waals surface area (Å²) in [4.78, 5) is 35.0. The van der Waals surface area contributed by atoms with Crippen molar-refractivity contribution in [2.75, 3.05) is 13.1 Å². The van der Waals surface area contributed by atoms with E-state index in [0.29, 0.717) is 25.3 Å². The molecule has 6 nitrogen and oxygen atoms in total. The van der Waals surface area contributed by atoms with Crippen LogP contribution in [0.3, 0.4) is 0 Å². The Morgan fingerprint density at radius 2 is 1.77 bits per heavy atom. The summed E-state index contributed by atoms with van der Waals surface area (Å²) >= 11 is 0. The lowest BCUT2D eigenvalue weighted by atomic mass is 9.82. The Bertz CT molecular complexity index is 661. The molecule has 144 valence electrons. The minimum absolute atomic E-state index is 0.0430. The fourth-order valence-electron chi connectivity index (χ4n) is 2.45. The van der Waals surface area contributed by atoms with Crippen molar-refractivity contribution < 1.29 is 28.3 Å². The van der Waals surface area contributed by atoms with Crippen molar-refractivity contribution in [3.05, 3.63) is 35.4 Å². The predicted octanol–water partition coefficient (Wildman–Crippen LogP) is 2.48. The van der Waals surface area contributed by atoms with Crippen LogP contribution in [-0.4, -0.2) is 36.0 Å². The molecule has 0 atom stereocenters. The summed E-state index contributed by atoms with van der Waals surface area (Å²) in [6.45, 7) is 3.69. The van der Waals surface area contributed by atoms with E-state index in [0.717, 1.165) is 12.1 Å². The highest BCUT2D eigenvalue weighted by molar-refractivity contribution is 5.94. The summed E-state index contributed by atoms with van der Waals surface area (Å²) in [6.07, 6.45) is 1.20. The number of carbonyl (C=O) groups is 3. The third-order valence-electron chi connectivity index (χ3n) is 4.47. The lowest BCUT2D eigenvalue weighted by Gasteiger charge is -2.26. The molecule has 0 heterocycles. The number of rotatable bonds is 10. The first-order valence-corrected chi connectivity index (χ1v) is 8.49. The summed E-state index contributed by atoms with van der Waals surface area (Å²) < 4.78 is 26.3. The van der Waals surface area contributed by atoms with Crippen LogP contribution in [-0.2, 0) is 9.59 Å². The van der Waals surface area contributed by atoms with Crippen LogP contribution in [0.4, 0.5) is 8.78 Å². The van der Waals surface area contributed by atoms with Gasteiger partial charge < -0.3 is 15.7 Å². The van der Waals surface area contributed by atoms with E-state index in [9.17, 15) is 28.3 Å². The Balaban J connectivity index is 2.38. The Morgan fingerprint density at radius 1 is 1.12 bits per heavy atom. The first-order chi connectivity index (χ1) is 12.3. The molecule has 1 aromatic rings. The van der Waals surface area contributed by atoms with Gasteiger partial charge in [-0.15, -0.1) is 0 Å². The van der Waals surface area contributed by atoms with Gasteiger partial charge in [0.25, 0.3) is 5.91 Å². The molecule has 1 aromatic carbocycles. The maximum absolute atomic E-state index is 13.5. The highest BCUT2D eigenvalue weighted by Gasteiger charge is 2.34. The molecular formula is C18H24F2N2O4. The lowest BCUT2D eigenvalue weighted by Crippen LogP contribution is -2.42. The number of hydrogen-bond acceptors (Lipinski definition) is 3. The molecule has 0 aromatic heterocycles. The van der Waals surface area contributed by atoms with Gasteiger partial charge in [0.15, 0.2) is 0 Å². The number of carboxylic acid groups (broad SMARTS) is 1. The number of benzene rings is 1. The summed E-state index contributed by atoms with van der Waals surface area (Å²) in [5.74, 6) is -3.68. The zero-order valence-corrected chi connectivity index (χ0v) is 14.9. The molecule has 0 aliphatic carbocycles. The molecule has 8 heteroatoms. The number of amides is 2. The minimum Gasteiger partial charge on any atom is -0.481 e. The molecular weight excluding hydrogens is 346 g/mol. The van der Waals surface area contributed by atoms with Gasteiger partial charge in [-0.2, -0.15) is 0 Å². The van der Waals surface area contributed by atoms with E-state index in [-0.39, 0.29) is 31.0 Å². The Morgan fingerprint density at radius 3 is 2.31 bits per heavy atom. The van der Waals surface area contributed by atoms with Crippen molar-refractivity contribution >= 4 is 17.8 Å². The van der Waals surface area contributed by atoms with E-state index in [4.69, 9.17) is 0 Å². The number of carboxylic acids is 1. The summed E-state index contributed by atoms with van der Waals surface area (Å²) in [7, 11) is 0. The van der Waals surface area contributed by atoms with E-state index in [1.165, 1.54) is 0 Å². The summed E-state index contributed by atoms with van der Waals surface area (Å²) in [5, 5.41) is 14.4. The van der Waals surface area contributed by atoms with Gasteiger partial charge in [-0.1, -0.05) is 13.8 Å². The number of hydrogen-bond donors (Lipinski definition) is 3. The smallest absolute Gasteiger partial charge is 0.311 e. The Kier molecular flexibility index (Phi) is 8.15. The minimum atomic E-state index is -0.982. The van der Waals surface area contributed by atoms with Gasteiger partial charge in [-0.05, 0) is 31.4 Å². The number of aliphatic carboxylic acids is 1. The zero-order valence-electron chi connectivity index (χ0n) is 14.9. The molecule has 0 saturated carbocycles. The van der Waals surface area contributed by atoms with Crippen molar-refractivity contribution in [3.8, 4) is 0 Å². The molecule has 0 bridgehead atoms. The van der Waals surface area contributed by atoms with Crippen molar-refractivity contribution in [2.24, 2.45) is 5.41 Å². The highest BCUT2D eigenvalue weighted by atomic mass is 19.1. The molecule has 2 amide bonds. The van der Waals surface area contributed by atoms with Crippen LogP contribution in [0, 0.1) is 17.0 Å². The first kappa shape index (κ1) is 21.5. The van der Waals surface area contributed by atoms with Gasteiger partial charge >= 0.3 is 5.97 Å². The monoisotopic (exact) mass is 370 g/mol. The molecule has 0 unspecified atom stereocenters. The topological polar surface area (TPSA) is 95.5 Å². The normalized spacial score (nSPS) is 11.1. The molecule has 0 saturated heterocycles. The van der Waals surface area contributed by atoms with Crippen LogP contribution in [0.25, 0.3) is 0 Å². The fraction of sp³-hybridized carbons (Fsp3) is 0.500. The second kappa shape index (κ2) is 9.84. The molecule has 0 aliphatic rings. The van der Waals surface area contributed by atoms with E-state index in [1.54, 1.807) is 13.8 Å². The van der Waals surface area contributed by atoms with Gasteiger partial charge in [-0.3, -0.25) is 14.4 Å². The molecule has 0 aliphatic heterocycles. The fourth-order valence-corrected chi connectivity index (χ4v) is 2.45. The summed E-state index contributed by atoms with van der Waals surface area (Å²) in [5.41, 5.74) is -1.25. The van der Waals surface area contributed by atoms with E-state index >= 15 is 0 Å². The van der Waals surface area contributed by atoms with E-state index in [1.807, 2.05) is 0 Å². The number of carbonyl (C=O) groups excluding carboxylic acids is 2. The SMILES string of the molecule is CCC(CC)(CNC(=O)CCCNC(=O)c1ccc(F)cc1F)C(=O)O. The third kappa shape index (κ3) is 5.79. The van der Waals surface area contributed by atoms with Crippen LogP contribution in [0.5, 0.6) is 0 Å². The van der Waals surface area contributed by atoms with E-state index < -0.39 is 28.9 Å². The maximum Gasteiger partial charge on any atom is 0.311 e. The van der Waals surface area contributed by atoms with Gasteiger partial charge in [0.1, 0.15) is 11.6 Å².